The van der Waals surface area contributed by atoms with E-state index < -0.39 is 32.2 Å². The Morgan fingerprint density at radius 3 is 2.37 bits per heavy atom. The highest BCUT2D eigenvalue weighted by atomic mass is 32.2. The van der Waals surface area contributed by atoms with E-state index in [1.165, 1.54) is 6.07 Å². The minimum atomic E-state index is -4.93. The number of alkyl halides is 3. The summed E-state index contributed by atoms with van der Waals surface area (Å²) in [6, 6.07) is 4.89. The van der Waals surface area contributed by atoms with Crippen LogP contribution in [0.25, 0.3) is 11.3 Å². The van der Waals surface area contributed by atoms with Gasteiger partial charge in [-0.05, 0) is 70.2 Å². The summed E-state index contributed by atoms with van der Waals surface area (Å²) < 4.78 is 78.8. The molecule has 5 rings (SSSR count). The van der Waals surface area contributed by atoms with Crippen LogP contribution in [0.1, 0.15) is 80.9 Å². The van der Waals surface area contributed by atoms with Gasteiger partial charge in [0.2, 0.25) is 10.0 Å². The van der Waals surface area contributed by atoms with Gasteiger partial charge in [0.15, 0.2) is 5.78 Å². The minimum Gasteiger partial charge on any atom is -0.373 e. The van der Waals surface area contributed by atoms with E-state index in [0.717, 1.165) is 44.2 Å². The van der Waals surface area contributed by atoms with Crippen LogP contribution >= 0.6 is 0 Å². The summed E-state index contributed by atoms with van der Waals surface area (Å²) in [5.41, 5.74) is -0.943. The Labute approximate surface area is 251 Å². The maximum atomic E-state index is 14.4. The van der Waals surface area contributed by atoms with E-state index in [-0.39, 0.29) is 29.3 Å². The van der Waals surface area contributed by atoms with Gasteiger partial charge in [-0.25, -0.2) is 13.1 Å². The number of nitrogens with zero attached hydrogens (tertiary/aromatic N) is 2. The van der Waals surface area contributed by atoms with E-state index in [1.807, 2.05) is 4.57 Å². The number of sulfonamides is 1. The highest BCUT2D eigenvalue weighted by Crippen LogP contribution is 2.41. The van der Waals surface area contributed by atoms with Crippen LogP contribution in [0, 0.1) is 18.3 Å². The third-order valence-corrected chi connectivity index (χ3v) is 10.5. The lowest BCUT2D eigenvalue weighted by molar-refractivity contribution is -0.145. The van der Waals surface area contributed by atoms with Gasteiger partial charge in [-0.2, -0.15) is 13.2 Å². The average molecular weight is 624 g/mol. The minimum absolute atomic E-state index is 0.0130. The molecule has 12 heteroatoms. The van der Waals surface area contributed by atoms with Crippen LogP contribution in [0.5, 0.6) is 0 Å². The van der Waals surface area contributed by atoms with Crippen LogP contribution in [-0.4, -0.2) is 61.4 Å². The molecule has 0 unspecified atom stereocenters. The summed E-state index contributed by atoms with van der Waals surface area (Å²) >= 11 is 0. The number of Topliss-reactive ketones (excluding diaryl/α,β-unsaturated/α-hetero) is 1. The first kappa shape index (κ1) is 31.7. The highest BCUT2D eigenvalue weighted by molar-refractivity contribution is 7.89. The molecule has 1 saturated carbocycles. The van der Waals surface area contributed by atoms with Crippen molar-refractivity contribution in [3.8, 4) is 11.3 Å². The van der Waals surface area contributed by atoms with Gasteiger partial charge in [0.1, 0.15) is 6.61 Å². The number of hydrogen-bond donors (Lipinski definition) is 1. The lowest BCUT2D eigenvalue weighted by Crippen LogP contribution is -2.62. The van der Waals surface area contributed by atoms with Crippen molar-refractivity contribution in [2.24, 2.45) is 11.3 Å². The average Bonchev–Trinajstić information content (AvgIpc) is 3.21. The number of carbonyl (C=O) groups excluding carboxylic acids is 2. The lowest BCUT2D eigenvalue weighted by Gasteiger charge is -2.51. The van der Waals surface area contributed by atoms with Crippen molar-refractivity contribution < 1.29 is 35.9 Å². The third kappa shape index (κ3) is 6.71. The number of halogens is 3. The molecule has 1 aromatic carbocycles. The number of hydrogen-bond acceptors (Lipinski definition) is 5. The van der Waals surface area contributed by atoms with Crippen LogP contribution in [0.2, 0.25) is 0 Å². The Kier molecular flexibility index (Phi) is 8.36. The fourth-order valence-corrected chi connectivity index (χ4v) is 8.38. The number of amides is 1. The molecule has 3 fully saturated rings. The zero-order chi connectivity index (χ0) is 31.4. The second-order valence-electron chi connectivity index (χ2n) is 13.6. The van der Waals surface area contributed by atoms with Crippen molar-refractivity contribution in [2.45, 2.75) is 89.4 Å². The number of benzene rings is 1. The van der Waals surface area contributed by atoms with Crippen LogP contribution in [0.15, 0.2) is 29.2 Å². The zero-order valence-electron chi connectivity index (χ0n) is 25.1. The second kappa shape index (κ2) is 11.3. The maximum absolute atomic E-state index is 14.4. The molecule has 1 spiro atoms. The second-order valence-corrected chi connectivity index (χ2v) is 15.2. The smallest absolute Gasteiger partial charge is 0.373 e. The number of nitrogens with one attached hydrogen (secondary N) is 1. The summed E-state index contributed by atoms with van der Waals surface area (Å²) in [6.07, 6.45) is 0.719. The molecule has 1 N–H and O–H groups in total. The van der Waals surface area contributed by atoms with Crippen molar-refractivity contribution in [1.29, 1.82) is 0 Å². The largest absolute Gasteiger partial charge is 0.417 e. The third-order valence-electron chi connectivity index (χ3n) is 8.66. The van der Waals surface area contributed by atoms with E-state index in [4.69, 9.17) is 4.74 Å². The Morgan fingerprint density at radius 2 is 1.77 bits per heavy atom. The number of carbonyl (C=O) groups is 2. The van der Waals surface area contributed by atoms with E-state index in [9.17, 15) is 31.2 Å². The molecular formula is C31H40F3N3O5S. The van der Waals surface area contributed by atoms with E-state index in [0.29, 0.717) is 55.5 Å². The molecular weight excluding hydrogens is 583 g/mol. The van der Waals surface area contributed by atoms with Crippen LogP contribution in [0.4, 0.5) is 13.2 Å². The molecule has 3 heterocycles. The summed E-state index contributed by atoms with van der Waals surface area (Å²) in [6.45, 7) is 8.30. The molecule has 2 aliphatic heterocycles. The first-order chi connectivity index (χ1) is 20.0. The van der Waals surface area contributed by atoms with E-state index >= 15 is 0 Å². The van der Waals surface area contributed by atoms with Crippen molar-refractivity contribution >= 4 is 21.7 Å². The van der Waals surface area contributed by atoms with E-state index in [2.05, 4.69) is 4.72 Å². The zero-order valence-corrected chi connectivity index (χ0v) is 26.0. The monoisotopic (exact) mass is 623 g/mol. The number of likely N-dealkylation sites (tertiary alicyclic amines) is 1. The van der Waals surface area contributed by atoms with Gasteiger partial charge in [-0.1, -0.05) is 25.3 Å². The predicted octanol–water partition coefficient (Wildman–Crippen LogP) is 5.57. The van der Waals surface area contributed by atoms with Crippen LogP contribution in [-0.2, 0) is 32.3 Å². The molecule has 8 nitrogen and oxygen atoms in total. The molecule has 1 aromatic heterocycles. The SMILES string of the molecule is Cc1c(C(=O)N2CC3(COCC(=O)C3)C2)cc(-c2ccc(S(=O)(=O)NC(C)(C)C)c(C(F)(F)F)c2)n1CC1CCCCC1. The molecule has 1 amide bonds. The van der Waals surface area contributed by atoms with Crippen molar-refractivity contribution in [1.82, 2.24) is 14.2 Å². The summed E-state index contributed by atoms with van der Waals surface area (Å²) in [5, 5.41) is 0. The fraction of sp³-hybridized carbons (Fsp3) is 0.613. The standard InChI is InChI=1S/C31H40F3N3O5S/c1-20-24(28(39)36-17-30(18-36)14-23(38)16-42-19-30)13-26(37(20)15-21-8-6-5-7-9-21)22-10-11-27(25(12-22)31(32,33)34)43(40,41)35-29(2,3)4/h10-13,21,35H,5-9,14-19H2,1-4H3. The first-order valence-electron chi connectivity index (χ1n) is 14.8. The summed E-state index contributed by atoms with van der Waals surface area (Å²) in [4.78, 5) is 26.5. The van der Waals surface area contributed by atoms with Crippen molar-refractivity contribution in [3.63, 3.8) is 0 Å². The summed E-state index contributed by atoms with van der Waals surface area (Å²) in [7, 11) is -4.48. The van der Waals surface area contributed by atoms with Gasteiger partial charge in [-0.3, -0.25) is 9.59 Å². The topological polar surface area (TPSA) is 97.7 Å². The predicted molar refractivity (Wildman–Crippen MR) is 155 cm³/mol. The van der Waals surface area contributed by atoms with Gasteiger partial charge < -0.3 is 14.2 Å². The molecule has 2 aromatic rings. The quantitative estimate of drug-likeness (QED) is 0.454. The molecule has 0 atom stereocenters. The number of ether oxygens (including phenoxy) is 1. The molecule has 1 aliphatic carbocycles. The van der Waals surface area contributed by atoms with Crippen molar-refractivity contribution in [2.75, 3.05) is 26.3 Å². The highest BCUT2D eigenvalue weighted by Gasteiger charge is 2.49. The van der Waals surface area contributed by atoms with E-state index in [1.54, 1.807) is 38.7 Å². The number of ketones is 1. The molecule has 0 radical (unpaired) electrons. The van der Waals surface area contributed by atoms with Gasteiger partial charge in [-0.15, -0.1) is 0 Å². The van der Waals surface area contributed by atoms with Gasteiger partial charge in [0, 0.05) is 48.4 Å². The molecule has 43 heavy (non-hydrogen) atoms. The van der Waals surface area contributed by atoms with Crippen LogP contribution < -0.4 is 4.72 Å². The maximum Gasteiger partial charge on any atom is 0.417 e. The molecule has 0 bridgehead atoms. The lowest BCUT2D eigenvalue weighted by atomic mass is 9.75. The number of aromatic nitrogens is 1. The number of rotatable bonds is 6. The fourth-order valence-electron chi connectivity index (χ4n) is 6.75. The van der Waals surface area contributed by atoms with Gasteiger partial charge >= 0.3 is 6.18 Å². The molecule has 3 aliphatic rings. The van der Waals surface area contributed by atoms with Gasteiger partial charge in [0.05, 0.1) is 22.6 Å². The van der Waals surface area contributed by atoms with Crippen LogP contribution in [0.3, 0.4) is 0 Å². The Morgan fingerprint density at radius 1 is 1.09 bits per heavy atom. The first-order valence-corrected chi connectivity index (χ1v) is 16.3. The normalized spacial score (nSPS) is 20.0. The molecule has 236 valence electrons. The Hall–Kier alpha value is -2.70. The summed E-state index contributed by atoms with van der Waals surface area (Å²) in [5.74, 6) is 0.0884. The Bertz CT molecular complexity index is 1510. The van der Waals surface area contributed by atoms with Gasteiger partial charge in [0.25, 0.3) is 5.91 Å². The molecule has 2 saturated heterocycles. The van der Waals surface area contributed by atoms with Crippen molar-refractivity contribution in [3.05, 3.63) is 41.1 Å². The Balaban J connectivity index is 1.54.